The molecule has 1 amide bonds. The Kier molecular flexibility index (Phi) is 5.26. The van der Waals surface area contributed by atoms with E-state index in [0.29, 0.717) is 16.3 Å². The van der Waals surface area contributed by atoms with E-state index in [1.54, 1.807) is 24.3 Å². The molecule has 0 unspecified atom stereocenters. The van der Waals surface area contributed by atoms with Gasteiger partial charge in [-0.1, -0.05) is 23.7 Å². The number of amides is 1. The Morgan fingerprint density at radius 1 is 1.14 bits per heavy atom. The summed E-state index contributed by atoms with van der Waals surface area (Å²) >= 11 is 9.29. The third-order valence-electron chi connectivity index (χ3n) is 2.80. The number of anilines is 2. The van der Waals surface area contributed by atoms with Crippen LogP contribution in [-0.4, -0.2) is 11.9 Å². The van der Waals surface area contributed by atoms with Crippen LogP contribution >= 0.6 is 27.5 Å². The van der Waals surface area contributed by atoms with E-state index in [4.69, 9.17) is 11.6 Å². The molecule has 0 bridgehead atoms. The molecule has 3 nitrogen and oxygen atoms in total. The Morgan fingerprint density at radius 3 is 2.52 bits per heavy atom. The van der Waals surface area contributed by atoms with Gasteiger partial charge in [-0.2, -0.15) is 0 Å². The van der Waals surface area contributed by atoms with Crippen molar-refractivity contribution in [3.8, 4) is 0 Å². The first kappa shape index (κ1) is 15.9. The molecule has 5 heteroatoms. The molecular formula is C16H16BrClN2O. The monoisotopic (exact) mass is 366 g/mol. The lowest BCUT2D eigenvalue weighted by Gasteiger charge is -2.15. The summed E-state index contributed by atoms with van der Waals surface area (Å²) in [5, 5.41) is 6.77. The number of halogens is 2. The van der Waals surface area contributed by atoms with Crippen LogP contribution in [0.25, 0.3) is 0 Å². The Balaban J connectivity index is 2.24. The number of carbonyl (C=O) groups excluding carboxylic acids is 1. The highest BCUT2D eigenvalue weighted by Gasteiger charge is 2.13. The van der Waals surface area contributed by atoms with Gasteiger partial charge in [0.25, 0.3) is 5.91 Å². The highest BCUT2D eigenvalue weighted by Crippen LogP contribution is 2.27. The van der Waals surface area contributed by atoms with E-state index in [-0.39, 0.29) is 11.9 Å². The molecule has 0 heterocycles. The molecular weight excluding hydrogens is 352 g/mol. The van der Waals surface area contributed by atoms with Crippen molar-refractivity contribution < 1.29 is 4.79 Å². The topological polar surface area (TPSA) is 41.1 Å². The largest absolute Gasteiger partial charge is 0.382 e. The molecule has 0 aromatic heterocycles. The zero-order valence-corrected chi connectivity index (χ0v) is 14.1. The second-order valence-electron chi connectivity index (χ2n) is 4.92. The van der Waals surface area contributed by atoms with Gasteiger partial charge < -0.3 is 10.6 Å². The summed E-state index contributed by atoms with van der Waals surface area (Å²) < 4.78 is 0.748. The standard InChI is InChI=1S/C16H16BrClN2O/c1-10(2)19-14-6-4-3-5-12(14)16(21)20-15-8-7-11(18)9-13(15)17/h3-10,19H,1-2H3,(H,20,21). The van der Waals surface area contributed by atoms with Crippen LogP contribution in [0.1, 0.15) is 24.2 Å². The fourth-order valence-electron chi connectivity index (χ4n) is 1.90. The maximum Gasteiger partial charge on any atom is 0.257 e. The normalized spacial score (nSPS) is 10.5. The van der Waals surface area contributed by atoms with Gasteiger partial charge in [0, 0.05) is 21.2 Å². The lowest BCUT2D eigenvalue weighted by molar-refractivity contribution is 0.102. The lowest BCUT2D eigenvalue weighted by Crippen LogP contribution is -2.17. The number of hydrogen-bond acceptors (Lipinski definition) is 2. The van der Waals surface area contributed by atoms with Gasteiger partial charge in [-0.3, -0.25) is 4.79 Å². The number of rotatable bonds is 4. The summed E-state index contributed by atoms with van der Waals surface area (Å²) in [5.74, 6) is -0.165. The van der Waals surface area contributed by atoms with E-state index in [1.165, 1.54) is 0 Å². The lowest BCUT2D eigenvalue weighted by atomic mass is 10.1. The van der Waals surface area contributed by atoms with Crippen LogP contribution < -0.4 is 10.6 Å². The molecule has 0 aliphatic carbocycles. The molecule has 2 aromatic carbocycles. The summed E-state index contributed by atoms with van der Waals surface area (Å²) in [6.07, 6.45) is 0. The van der Waals surface area contributed by atoms with Crippen molar-refractivity contribution in [2.24, 2.45) is 0 Å². The number of para-hydroxylation sites is 1. The minimum absolute atomic E-state index is 0.165. The minimum Gasteiger partial charge on any atom is -0.382 e. The van der Waals surface area contributed by atoms with Crippen LogP contribution in [0.2, 0.25) is 5.02 Å². The van der Waals surface area contributed by atoms with Crippen LogP contribution in [0.3, 0.4) is 0 Å². The fourth-order valence-corrected chi connectivity index (χ4v) is 2.68. The van der Waals surface area contributed by atoms with Gasteiger partial charge in [0.15, 0.2) is 0 Å². The van der Waals surface area contributed by atoms with Gasteiger partial charge in [-0.25, -0.2) is 0 Å². The smallest absolute Gasteiger partial charge is 0.257 e. The third-order valence-corrected chi connectivity index (χ3v) is 3.69. The van der Waals surface area contributed by atoms with Gasteiger partial charge in [0.1, 0.15) is 0 Å². The van der Waals surface area contributed by atoms with Crippen molar-refractivity contribution in [2.45, 2.75) is 19.9 Å². The fraction of sp³-hybridized carbons (Fsp3) is 0.188. The van der Waals surface area contributed by atoms with Gasteiger partial charge in [0.2, 0.25) is 0 Å². The summed E-state index contributed by atoms with van der Waals surface area (Å²) in [7, 11) is 0. The van der Waals surface area contributed by atoms with Gasteiger partial charge >= 0.3 is 0 Å². The summed E-state index contributed by atoms with van der Waals surface area (Å²) in [4.78, 5) is 12.4. The van der Waals surface area contributed by atoms with E-state index < -0.39 is 0 Å². The van der Waals surface area contributed by atoms with E-state index >= 15 is 0 Å². The van der Waals surface area contributed by atoms with E-state index in [1.807, 2.05) is 32.0 Å². The molecule has 2 aromatic rings. The van der Waals surface area contributed by atoms with Gasteiger partial charge in [0.05, 0.1) is 11.3 Å². The van der Waals surface area contributed by atoms with Crippen molar-refractivity contribution in [1.82, 2.24) is 0 Å². The highest BCUT2D eigenvalue weighted by molar-refractivity contribution is 9.10. The van der Waals surface area contributed by atoms with Crippen LogP contribution in [0, 0.1) is 0 Å². The first-order valence-electron chi connectivity index (χ1n) is 6.59. The molecule has 2 rings (SSSR count). The van der Waals surface area contributed by atoms with Crippen molar-refractivity contribution in [1.29, 1.82) is 0 Å². The maximum absolute atomic E-state index is 12.4. The van der Waals surface area contributed by atoms with Crippen LogP contribution in [0.4, 0.5) is 11.4 Å². The summed E-state index contributed by atoms with van der Waals surface area (Å²) in [5.41, 5.74) is 2.10. The SMILES string of the molecule is CC(C)Nc1ccccc1C(=O)Nc1ccc(Cl)cc1Br. The zero-order valence-electron chi connectivity index (χ0n) is 11.8. The van der Waals surface area contributed by atoms with Gasteiger partial charge in [-0.15, -0.1) is 0 Å². The van der Waals surface area contributed by atoms with E-state index in [0.717, 1.165) is 10.2 Å². The highest BCUT2D eigenvalue weighted by atomic mass is 79.9. The molecule has 110 valence electrons. The maximum atomic E-state index is 12.4. The average molecular weight is 368 g/mol. The van der Waals surface area contributed by atoms with Crippen LogP contribution in [0.5, 0.6) is 0 Å². The molecule has 0 fully saturated rings. The molecule has 0 atom stereocenters. The molecule has 0 radical (unpaired) electrons. The molecule has 0 saturated carbocycles. The Labute approximate surface area is 137 Å². The van der Waals surface area contributed by atoms with Crippen molar-refractivity contribution in [2.75, 3.05) is 10.6 Å². The van der Waals surface area contributed by atoms with Crippen LogP contribution in [0.15, 0.2) is 46.9 Å². The number of carbonyl (C=O) groups is 1. The van der Waals surface area contributed by atoms with Crippen molar-refractivity contribution in [3.05, 3.63) is 57.5 Å². The van der Waals surface area contributed by atoms with Crippen molar-refractivity contribution in [3.63, 3.8) is 0 Å². The second kappa shape index (κ2) is 6.96. The molecule has 0 aliphatic heterocycles. The summed E-state index contributed by atoms with van der Waals surface area (Å²) in [6.45, 7) is 4.06. The van der Waals surface area contributed by atoms with E-state index in [9.17, 15) is 4.79 Å². The Hall–Kier alpha value is -1.52. The number of benzene rings is 2. The molecule has 0 spiro atoms. The molecule has 2 N–H and O–H groups in total. The third kappa shape index (κ3) is 4.22. The molecule has 0 aliphatic rings. The second-order valence-corrected chi connectivity index (χ2v) is 6.21. The Bertz CT molecular complexity index is 658. The first-order valence-corrected chi connectivity index (χ1v) is 7.76. The quantitative estimate of drug-likeness (QED) is 0.782. The number of nitrogens with one attached hydrogen (secondary N) is 2. The predicted octanol–water partition coefficient (Wildman–Crippen LogP) is 5.18. The minimum atomic E-state index is -0.165. The van der Waals surface area contributed by atoms with Crippen molar-refractivity contribution >= 4 is 44.8 Å². The van der Waals surface area contributed by atoms with Gasteiger partial charge in [-0.05, 0) is 60.1 Å². The van der Waals surface area contributed by atoms with E-state index in [2.05, 4.69) is 26.6 Å². The number of hydrogen-bond donors (Lipinski definition) is 2. The average Bonchev–Trinajstić information content (AvgIpc) is 2.42. The molecule has 0 saturated heterocycles. The Morgan fingerprint density at radius 2 is 1.86 bits per heavy atom. The zero-order chi connectivity index (χ0) is 15.4. The van der Waals surface area contributed by atoms with Crippen LogP contribution in [-0.2, 0) is 0 Å². The first-order chi connectivity index (χ1) is 9.97. The predicted molar refractivity (Wildman–Crippen MR) is 92.3 cm³/mol. The molecule has 21 heavy (non-hydrogen) atoms. The summed E-state index contributed by atoms with van der Waals surface area (Å²) in [6, 6.07) is 12.9.